The van der Waals surface area contributed by atoms with Gasteiger partial charge in [-0.3, -0.25) is 0 Å². The lowest BCUT2D eigenvalue weighted by Gasteiger charge is -2.08. The van der Waals surface area contributed by atoms with Crippen LogP contribution in [0.1, 0.15) is 31.2 Å². The van der Waals surface area contributed by atoms with Gasteiger partial charge in [-0.2, -0.15) is 13.2 Å². The van der Waals surface area contributed by atoms with Crippen LogP contribution >= 0.6 is 11.3 Å². The fraction of sp³-hybridized carbons (Fsp3) is 0.500. The highest BCUT2D eigenvalue weighted by Gasteiger charge is 2.30. The van der Waals surface area contributed by atoms with Crippen LogP contribution in [0.2, 0.25) is 0 Å². The van der Waals surface area contributed by atoms with Gasteiger partial charge in [0.25, 0.3) is 0 Å². The summed E-state index contributed by atoms with van der Waals surface area (Å²) in [5.41, 5.74) is -0.226. The molecule has 1 N–H and O–H groups in total. The lowest BCUT2D eigenvalue weighted by Crippen LogP contribution is -2.10. The van der Waals surface area contributed by atoms with E-state index in [9.17, 15) is 13.2 Å². The number of rotatable bonds is 3. The van der Waals surface area contributed by atoms with Gasteiger partial charge in [-0.25, -0.2) is 4.98 Å². The van der Waals surface area contributed by atoms with E-state index in [0.717, 1.165) is 23.4 Å². The Morgan fingerprint density at radius 1 is 1.25 bits per heavy atom. The summed E-state index contributed by atoms with van der Waals surface area (Å²) in [5, 5.41) is 3.97. The number of fused-ring (bicyclic) bond motifs is 1. The third kappa shape index (κ3) is 2.90. The number of thiazole rings is 1. The second-order valence-corrected chi connectivity index (χ2v) is 6.26. The quantitative estimate of drug-likeness (QED) is 0.870. The van der Waals surface area contributed by atoms with E-state index in [4.69, 9.17) is 0 Å². The van der Waals surface area contributed by atoms with Crippen molar-refractivity contribution in [1.82, 2.24) is 4.98 Å². The largest absolute Gasteiger partial charge is 0.416 e. The third-order valence-corrected chi connectivity index (χ3v) is 4.73. The Bertz CT molecular complexity index is 600. The van der Waals surface area contributed by atoms with Gasteiger partial charge in [0.15, 0.2) is 5.13 Å². The minimum Gasteiger partial charge on any atom is -0.361 e. The number of nitrogens with zero attached hydrogens (tertiary/aromatic N) is 1. The summed E-state index contributed by atoms with van der Waals surface area (Å²) in [5.74, 6) is 0.674. The van der Waals surface area contributed by atoms with E-state index in [2.05, 4.69) is 10.3 Å². The zero-order chi connectivity index (χ0) is 14.2. The number of aromatic nitrogens is 1. The molecule has 3 rings (SSSR count). The van der Waals surface area contributed by atoms with Crippen molar-refractivity contribution >= 4 is 26.7 Å². The third-order valence-electron chi connectivity index (χ3n) is 3.73. The lowest BCUT2D eigenvalue weighted by molar-refractivity contribution is -0.137. The predicted octanol–water partition coefficient (Wildman–Crippen LogP) is 4.92. The molecule has 1 aliphatic rings. The first-order valence-corrected chi connectivity index (χ1v) is 7.56. The molecule has 0 atom stereocenters. The van der Waals surface area contributed by atoms with Crippen LogP contribution in [0.4, 0.5) is 18.3 Å². The highest BCUT2D eigenvalue weighted by molar-refractivity contribution is 7.22. The molecule has 1 saturated carbocycles. The molecule has 0 spiro atoms. The maximum Gasteiger partial charge on any atom is 0.416 e. The van der Waals surface area contributed by atoms with E-state index in [1.165, 1.54) is 43.1 Å². The Kier molecular flexibility index (Phi) is 3.58. The van der Waals surface area contributed by atoms with Crippen LogP contribution in [0.3, 0.4) is 0 Å². The summed E-state index contributed by atoms with van der Waals surface area (Å²) in [4.78, 5) is 4.26. The summed E-state index contributed by atoms with van der Waals surface area (Å²) in [6.45, 7) is 0.867. The first kappa shape index (κ1) is 13.7. The molecule has 1 aliphatic carbocycles. The topological polar surface area (TPSA) is 24.9 Å². The predicted molar refractivity (Wildman–Crippen MR) is 75.1 cm³/mol. The molecule has 2 nitrogen and oxygen atoms in total. The molecule has 0 saturated heterocycles. The van der Waals surface area contributed by atoms with Crippen molar-refractivity contribution in [3.63, 3.8) is 0 Å². The van der Waals surface area contributed by atoms with Crippen molar-refractivity contribution in [2.75, 3.05) is 11.9 Å². The van der Waals surface area contributed by atoms with Crippen LogP contribution in [0, 0.1) is 5.92 Å². The van der Waals surface area contributed by atoms with Gasteiger partial charge in [0.05, 0.1) is 15.8 Å². The zero-order valence-corrected chi connectivity index (χ0v) is 11.7. The van der Waals surface area contributed by atoms with E-state index in [-0.39, 0.29) is 0 Å². The van der Waals surface area contributed by atoms with Gasteiger partial charge in [0.1, 0.15) is 0 Å². The van der Waals surface area contributed by atoms with E-state index in [0.29, 0.717) is 16.6 Å². The Hall–Kier alpha value is -1.30. The average Bonchev–Trinajstić information content (AvgIpc) is 3.03. The number of benzene rings is 1. The molecule has 0 radical (unpaired) electrons. The fourth-order valence-electron chi connectivity index (χ4n) is 2.63. The smallest absolute Gasteiger partial charge is 0.361 e. The van der Waals surface area contributed by atoms with Gasteiger partial charge in [-0.05, 0) is 37.0 Å². The summed E-state index contributed by atoms with van der Waals surface area (Å²) in [6, 6.07) is 3.73. The number of alkyl halides is 3. The maximum atomic E-state index is 12.6. The average molecular weight is 300 g/mol. The van der Waals surface area contributed by atoms with E-state index >= 15 is 0 Å². The van der Waals surface area contributed by atoms with Gasteiger partial charge >= 0.3 is 6.18 Å². The van der Waals surface area contributed by atoms with Crippen LogP contribution in [-0.2, 0) is 6.18 Å². The number of hydrogen-bond acceptors (Lipinski definition) is 3. The molecule has 1 heterocycles. The normalized spacial score (nSPS) is 16.9. The molecule has 108 valence electrons. The molecule has 0 bridgehead atoms. The van der Waals surface area contributed by atoms with Crippen LogP contribution in [-0.4, -0.2) is 11.5 Å². The van der Waals surface area contributed by atoms with Crippen LogP contribution in [0.5, 0.6) is 0 Å². The summed E-state index contributed by atoms with van der Waals surface area (Å²) in [6.07, 6.45) is 0.712. The second-order valence-electron chi connectivity index (χ2n) is 5.23. The zero-order valence-electron chi connectivity index (χ0n) is 10.8. The minimum absolute atomic E-state index is 0.416. The van der Waals surface area contributed by atoms with Crippen molar-refractivity contribution in [2.45, 2.75) is 31.9 Å². The summed E-state index contributed by atoms with van der Waals surface area (Å²) < 4.78 is 38.7. The first-order chi connectivity index (χ1) is 9.52. The van der Waals surface area contributed by atoms with Crippen LogP contribution < -0.4 is 5.32 Å². The second kappa shape index (κ2) is 5.24. The Balaban J connectivity index is 1.76. The highest BCUT2D eigenvalue weighted by atomic mass is 32.1. The molecular formula is C14H15F3N2S. The van der Waals surface area contributed by atoms with Gasteiger partial charge in [-0.15, -0.1) is 0 Å². The van der Waals surface area contributed by atoms with Crippen molar-refractivity contribution < 1.29 is 13.2 Å². The van der Waals surface area contributed by atoms with Gasteiger partial charge in [0.2, 0.25) is 0 Å². The number of nitrogens with one attached hydrogen (secondary N) is 1. The highest BCUT2D eigenvalue weighted by Crippen LogP contribution is 2.34. The monoisotopic (exact) mass is 300 g/mol. The number of hydrogen-bond donors (Lipinski definition) is 1. The fourth-order valence-corrected chi connectivity index (χ4v) is 3.48. The molecule has 0 amide bonds. The van der Waals surface area contributed by atoms with Crippen molar-refractivity contribution in [1.29, 1.82) is 0 Å². The molecular weight excluding hydrogens is 285 g/mol. The molecule has 1 aromatic carbocycles. The van der Waals surface area contributed by atoms with E-state index in [1.54, 1.807) is 0 Å². The molecule has 2 aromatic rings. The molecule has 1 fully saturated rings. The Morgan fingerprint density at radius 2 is 2.00 bits per heavy atom. The van der Waals surface area contributed by atoms with Crippen molar-refractivity contribution in [2.24, 2.45) is 5.92 Å². The Morgan fingerprint density at radius 3 is 2.70 bits per heavy atom. The number of halogens is 3. The van der Waals surface area contributed by atoms with Crippen LogP contribution in [0.15, 0.2) is 18.2 Å². The summed E-state index contributed by atoms with van der Waals surface area (Å²) in [7, 11) is 0. The Labute approximate surface area is 119 Å². The molecule has 20 heavy (non-hydrogen) atoms. The van der Waals surface area contributed by atoms with Gasteiger partial charge in [-0.1, -0.05) is 24.2 Å². The standard InChI is InChI=1S/C14H15F3N2S/c15-14(16,17)10-5-6-12-11(7-10)19-13(20-12)18-8-9-3-1-2-4-9/h5-7,9H,1-4,8H2,(H,18,19). The first-order valence-electron chi connectivity index (χ1n) is 6.74. The van der Waals surface area contributed by atoms with Crippen molar-refractivity contribution in [3.8, 4) is 0 Å². The SMILES string of the molecule is FC(F)(F)c1ccc2sc(NCC3CCCC3)nc2c1. The molecule has 1 aromatic heterocycles. The molecule has 6 heteroatoms. The van der Waals surface area contributed by atoms with Gasteiger partial charge < -0.3 is 5.32 Å². The molecule has 0 aliphatic heterocycles. The maximum absolute atomic E-state index is 12.6. The lowest BCUT2D eigenvalue weighted by atomic mass is 10.1. The molecule has 0 unspecified atom stereocenters. The van der Waals surface area contributed by atoms with Gasteiger partial charge in [0, 0.05) is 6.54 Å². The van der Waals surface area contributed by atoms with Crippen LogP contribution in [0.25, 0.3) is 10.2 Å². The van der Waals surface area contributed by atoms with Crippen molar-refractivity contribution in [3.05, 3.63) is 23.8 Å². The summed E-state index contributed by atoms with van der Waals surface area (Å²) >= 11 is 1.41. The number of anilines is 1. The van der Waals surface area contributed by atoms with E-state index in [1.807, 2.05) is 0 Å². The van der Waals surface area contributed by atoms with E-state index < -0.39 is 11.7 Å². The minimum atomic E-state index is -4.31.